The van der Waals surface area contributed by atoms with Gasteiger partial charge < -0.3 is 19.5 Å². The van der Waals surface area contributed by atoms with Crippen molar-refractivity contribution in [3.05, 3.63) is 166 Å². The van der Waals surface area contributed by atoms with E-state index < -0.39 is 8.25 Å². The monoisotopic (exact) mass is 899 g/mol. The van der Waals surface area contributed by atoms with Crippen LogP contribution in [0, 0.1) is 23.3 Å². The average Bonchev–Trinajstić information content (AvgIpc) is 4.04. The lowest BCUT2D eigenvalue weighted by atomic mass is 9.96. The van der Waals surface area contributed by atoms with Crippen molar-refractivity contribution in [1.82, 2.24) is 10.6 Å². The zero-order valence-electron chi connectivity index (χ0n) is 36.5. The van der Waals surface area contributed by atoms with Gasteiger partial charge in [-0.1, -0.05) is 62.1 Å². The van der Waals surface area contributed by atoms with Crippen LogP contribution in [0.1, 0.15) is 97.6 Å². The van der Waals surface area contributed by atoms with E-state index in [0.29, 0.717) is 87.4 Å². The lowest BCUT2D eigenvalue weighted by Crippen LogP contribution is -2.17. The zero-order chi connectivity index (χ0) is 44.8. The highest BCUT2D eigenvalue weighted by atomic mass is 31.1. The smallest absolute Gasteiger partial charge is 0.464 e. The van der Waals surface area contributed by atoms with E-state index in [1.54, 1.807) is 36.8 Å². The van der Waals surface area contributed by atoms with Gasteiger partial charge >= 0.3 is 8.25 Å². The Kier molecular flexibility index (Phi) is 20.3. The molecule has 12 heteroatoms. The minimum absolute atomic E-state index is 0.158. The van der Waals surface area contributed by atoms with Gasteiger partial charge in [0.1, 0.15) is 48.0 Å². The number of furan rings is 2. The SMILES string of the molecule is O=[P+](OCCCNCc1cc(-c2ccco2)c(CCCCCCc2ccccc2F)cc1F)OCCCNCc1cc(-c2ccco2)c(CCCCCCc2ccccc2F)cc1F. The van der Waals surface area contributed by atoms with Crippen LogP contribution in [0.3, 0.4) is 0 Å². The summed E-state index contributed by atoms with van der Waals surface area (Å²) in [6, 6.07) is 28.1. The van der Waals surface area contributed by atoms with Gasteiger partial charge in [0.05, 0.1) is 12.5 Å². The van der Waals surface area contributed by atoms with Crippen LogP contribution in [0.5, 0.6) is 0 Å². The number of benzene rings is 4. The van der Waals surface area contributed by atoms with Gasteiger partial charge in [-0.2, -0.15) is 0 Å². The van der Waals surface area contributed by atoms with Crippen LogP contribution in [0.15, 0.2) is 118 Å². The quantitative estimate of drug-likeness (QED) is 0.0265. The Labute approximate surface area is 375 Å². The molecule has 0 aliphatic heterocycles. The van der Waals surface area contributed by atoms with Crippen molar-refractivity contribution in [3.63, 3.8) is 0 Å². The Morgan fingerprint density at radius 1 is 0.438 bits per heavy atom. The Bertz CT molecular complexity index is 2140. The molecule has 0 bridgehead atoms. The summed E-state index contributed by atoms with van der Waals surface area (Å²) in [5.41, 5.74) is 6.08. The van der Waals surface area contributed by atoms with Crippen molar-refractivity contribution in [1.29, 1.82) is 0 Å². The zero-order valence-corrected chi connectivity index (χ0v) is 37.4. The van der Waals surface area contributed by atoms with Gasteiger partial charge in [0.25, 0.3) is 0 Å². The third-order valence-corrected chi connectivity index (χ3v) is 12.1. The molecule has 6 rings (SSSR count). The topological polar surface area (TPSA) is 85.9 Å². The average molecular weight is 900 g/mol. The Morgan fingerprint density at radius 2 is 0.844 bits per heavy atom. The third kappa shape index (κ3) is 15.7. The van der Waals surface area contributed by atoms with Crippen molar-refractivity contribution >= 4 is 8.25 Å². The predicted octanol–water partition coefficient (Wildman–Crippen LogP) is 13.8. The number of aryl methyl sites for hydroxylation is 4. The molecule has 0 fully saturated rings. The first-order valence-corrected chi connectivity index (χ1v) is 23.8. The first kappa shape index (κ1) is 48.6. The second-order valence-electron chi connectivity index (χ2n) is 16.1. The number of hydrogen-bond donors (Lipinski definition) is 2. The van der Waals surface area contributed by atoms with E-state index in [2.05, 4.69) is 10.6 Å². The maximum absolute atomic E-state index is 15.3. The summed E-state index contributed by atoms with van der Waals surface area (Å²) in [5.74, 6) is 0.503. The maximum atomic E-state index is 15.3. The highest BCUT2D eigenvalue weighted by Crippen LogP contribution is 2.31. The van der Waals surface area contributed by atoms with Gasteiger partial charge in [-0.05, 0) is 160 Å². The van der Waals surface area contributed by atoms with Crippen LogP contribution in [-0.4, -0.2) is 26.3 Å². The summed E-state index contributed by atoms with van der Waals surface area (Å²) < 4.78 is 92.8. The summed E-state index contributed by atoms with van der Waals surface area (Å²) in [6.45, 7) is 2.09. The summed E-state index contributed by atoms with van der Waals surface area (Å²) in [5, 5.41) is 6.50. The normalized spacial score (nSPS) is 11.4. The number of rotatable bonds is 30. The lowest BCUT2D eigenvalue weighted by molar-refractivity contribution is 0.220. The molecular formula is C52H60F4N2O5P+. The Morgan fingerprint density at radius 3 is 1.23 bits per heavy atom. The van der Waals surface area contributed by atoms with Gasteiger partial charge in [-0.25, -0.2) is 17.6 Å². The summed E-state index contributed by atoms with van der Waals surface area (Å²) >= 11 is 0. The summed E-state index contributed by atoms with van der Waals surface area (Å²) in [4.78, 5) is 0. The van der Waals surface area contributed by atoms with Gasteiger partial charge in [-0.3, -0.25) is 0 Å². The fraction of sp³-hybridized carbons (Fsp3) is 0.385. The van der Waals surface area contributed by atoms with Crippen molar-refractivity contribution in [2.45, 2.75) is 103 Å². The molecule has 0 aliphatic rings. The van der Waals surface area contributed by atoms with Crippen molar-refractivity contribution in [3.8, 4) is 22.6 Å². The first-order chi connectivity index (χ1) is 31.4. The molecule has 2 aromatic heterocycles. The largest absolute Gasteiger partial charge is 0.697 e. The van der Waals surface area contributed by atoms with Crippen molar-refractivity contribution in [2.75, 3.05) is 26.3 Å². The highest BCUT2D eigenvalue weighted by Gasteiger charge is 2.20. The molecule has 0 unspecified atom stereocenters. The number of halogens is 4. The second kappa shape index (κ2) is 26.8. The minimum Gasteiger partial charge on any atom is -0.464 e. The molecule has 2 N–H and O–H groups in total. The fourth-order valence-electron chi connectivity index (χ4n) is 7.85. The highest BCUT2D eigenvalue weighted by molar-refractivity contribution is 7.33. The van der Waals surface area contributed by atoms with E-state index in [9.17, 15) is 13.3 Å². The van der Waals surface area contributed by atoms with Gasteiger partial charge in [-0.15, -0.1) is 9.05 Å². The molecule has 7 nitrogen and oxygen atoms in total. The Hall–Kier alpha value is -4.90. The van der Waals surface area contributed by atoms with E-state index in [1.165, 1.54) is 12.1 Å². The van der Waals surface area contributed by atoms with Crippen LogP contribution >= 0.6 is 8.25 Å². The maximum Gasteiger partial charge on any atom is 0.697 e. The molecule has 0 radical (unpaired) electrons. The van der Waals surface area contributed by atoms with Crippen molar-refractivity contribution in [2.24, 2.45) is 0 Å². The minimum atomic E-state index is -2.30. The van der Waals surface area contributed by atoms with Crippen LogP contribution in [0.25, 0.3) is 22.6 Å². The molecule has 0 amide bonds. The van der Waals surface area contributed by atoms with E-state index in [0.717, 1.165) is 84.7 Å². The van der Waals surface area contributed by atoms with E-state index >= 15 is 8.78 Å². The second-order valence-corrected chi connectivity index (χ2v) is 17.1. The van der Waals surface area contributed by atoms with Crippen LogP contribution in [0.4, 0.5) is 17.6 Å². The molecule has 4 aromatic carbocycles. The van der Waals surface area contributed by atoms with Gasteiger partial charge in [0.2, 0.25) is 0 Å². The summed E-state index contributed by atoms with van der Waals surface area (Å²) in [7, 11) is -2.30. The fourth-order valence-corrected chi connectivity index (χ4v) is 8.48. The van der Waals surface area contributed by atoms with Gasteiger partial charge in [0, 0.05) is 39.9 Å². The molecular weight excluding hydrogens is 840 g/mol. The molecule has 0 saturated heterocycles. The molecule has 0 atom stereocenters. The molecule has 0 spiro atoms. The molecule has 340 valence electrons. The predicted molar refractivity (Wildman–Crippen MR) is 245 cm³/mol. The standard InChI is InChI=1S/C52H60F4N2O5P/c53-47-23-11-9-19-39(47)17-5-1-3-7-21-41-35-49(55)43(33-45(41)51-25-13-29-60-51)37-57-27-15-31-62-64(59)63-32-16-28-58-38-44-34-46(52-26-14-30-61-52)42(36-50(44)56)22-8-4-2-6-18-40-20-10-12-24-48(40)54/h9-14,19-20,23-26,29-30,33-36,57-58H,1-8,15-18,21-22,27-28,31-32,37-38H2/q+1. The molecule has 2 heterocycles. The number of unbranched alkanes of at least 4 members (excludes halogenated alkanes) is 6. The number of hydrogen-bond acceptors (Lipinski definition) is 7. The van der Waals surface area contributed by atoms with Crippen LogP contribution in [-0.2, 0) is 52.4 Å². The van der Waals surface area contributed by atoms with E-state index in [4.69, 9.17) is 17.9 Å². The number of nitrogens with one attached hydrogen (secondary N) is 2. The van der Waals surface area contributed by atoms with E-state index in [1.807, 2.05) is 60.7 Å². The van der Waals surface area contributed by atoms with E-state index in [-0.39, 0.29) is 36.5 Å². The molecule has 64 heavy (non-hydrogen) atoms. The Balaban J connectivity index is 0.834. The molecule has 0 aliphatic carbocycles. The van der Waals surface area contributed by atoms with Crippen LogP contribution < -0.4 is 10.6 Å². The van der Waals surface area contributed by atoms with Crippen LogP contribution in [0.2, 0.25) is 0 Å². The summed E-state index contributed by atoms with van der Waals surface area (Å²) in [6.07, 6.45) is 14.6. The van der Waals surface area contributed by atoms with Gasteiger partial charge in [0.15, 0.2) is 0 Å². The third-order valence-electron chi connectivity index (χ3n) is 11.3. The first-order valence-electron chi connectivity index (χ1n) is 22.7. The van der Waals surface area contributed by atoms with Crippen molar-refractivity contribution < 1.29 is 40.0 Å². The lowest BCUT2D eigenvalue weighted by Gasteiger charge is -2.13. The molecule has 0 saturated carbocycles. The molecule has 6 aromatic rings.